The Hall–Kier alpha value is -2.89. The number of methoxy groups -OCH3 is 1. The number of nitrogens with zero attached hydrogens (tertiary/aromatic N) is 1. The molecule has 0 saturated heterocycles. The molecule has 0 spiro atoms. The number of rotatable bonds is 7. The Morgan fingerprint density at radius 1 is 1.19 bits per heavy atom. The van der Waals surface area contributed by atoms with Crippen molar-refractivity contribution in [3.05, 3.63) is 59.4 Å². The highest BCUT2D eigenvalue weighted by Gasteiger charge is 2.17. The van der Waals surface area contributed by atoms with Gasteiger partial charge >= 0.3 is 0 Å². The number of halogens is 1. The Labute approximate surface area is 152 Å². The van der Waals surface area contributed by atoms with Crippen LogP contribution in [-0.2, 0) is 16.0 Å². The van der Waals surface area contributed by atoms with Gasteiger partial charge in [0.05, 0.1) is 19.2 Å². The van der Waals surface area contributed by atoms with Crippen molar-refractivity contribution in [1.29, 1.82) is 0 Å². The number of hydrogen-bond donors (Lipinski definition) is 1. The molecule has 2 rings (SSSR count). The number of anilines is 1. The summed E-state index contributed by atoms with van der Waals surface area (Å²) in [7, 11) is 1.54. The zero-order chi connectivity index (χ0) is 19.1. The summed E-state index contributed by atoms with van der Waals surface area (Å²) in [6.45, 7) is 3.93. The molecule has 0 bridgehead atoms. The van der Waals surface area contributed by atoms with Gasteiger partial charge in [0.15, 0.2) is 0 Å². The first-order valence-electron chi connectivity index (χ1n) is 8.35. The third-order valence-corrected chi connectivity index (χ3v) is 3.97. The smallest absolute Gasteiger partial charge is 0.224 e. The number of carbonyl (C=O) groups excluding carboxylic acids is 2. The fraction of sp³-hybridized carbons (Fsp3) is 0.300. The lowest BCUT2D eigenvalue weighted by Gasteiger charge is -2.24. The minimum absolute atomic E-state index is 0.0412. The van der Waals surface area contributed by atoms with E-state index in [1.807, 2.05) is 19.1 Å². The fourth-order valence-corrected chi connectivity index (χ4v) is 2.64. The van der Waals surface area contributed by atoms with Crippen LogP contribution in [0.2, 0.25) is 0 Å². The highest BCUT2D eigenvalue weighted by molar-refractivity contribution is 5.93. The first kappa shape index (κ1) is 19.4. The number of carbonyl (C=O) groups is 2. The molecule has 0 aliphatic heterocycles. The van der Waals surface area contributed by atoms with Crippen molar-refractivity contribution in [2.45, 2.75) is 20.3 Å². The summed E-state index contributed by atoms with van der Waals surface area (Å²) in [6.07, 6.45) is -0.0412. The zero-order valence-electron chi connectivity index (χ0n) is 15.2. The van der Waals surface area contributed by atoms with Crippen molar-refractivity contribution in [3.8, 4) is 5.75 Å². The van der Waals surface area contributed by atoms with Gasteiger partial charge in [-0.1, -0.05) is 24.3 Å². The zero-order valence-corrected chi connectivity index (χ0v) is 15.2. The van der Waals surface area contributed by atoms with Crippen LogP contribution in [0.25, 0.3) is 0 Å². The molecule has 0 radical (unpaired) electrons. The van der Waals surface area contributed by atoms with E-state index in [9.17, 15) is 14.0 Å². The Kier molecular flexibility index (Phi) is 6.72. The van der Waals surface area contributed by atoms with E-state index < -0.39 is 5.82 Å². The molecule has 5 nitrogen and oxygen atoms in total. The Morgan fingerprint density at radius 2 is 1.92 bits per heavy atom. The molecule has 6 heteroatoms. The number of hydrogen-bond acceptors (Lipinski definition) is 3. The van der Waals surface area contributed by atoms with Crippen molar-refractivity contribution < 1.29 is 18.7 Å². The normalized spacial score (nSPS) is 10.3. The first-order chi connectivity index (χ1) is 12.4. The summed E-state index contributed by atoms with van der Waals surface area (Å²) >= 11 is 0. The third kappa shape index (κ3) is 5.05. The van der Waals surface area contributed by atoms with Gasteiger partial charge < -0.3 is 15.0 Å². The molecular formula is C20H23FN2O3. The molecule has 0 aliphatic rings. The van der Waals surface area contributed by atoms with Crippen LogP contribution in [0.15, 0.2) is 42.5 Å². The van der Waals surface area contributed by atoms with Crippen molar-refractivity contribution in [2.75, 3.05) is 25.1 Å². The van der Waals surface area contributed by atoms with Crippen molar-refractivity contribution >= 4 is 17.5 Å². The van der Waals surface area contributed by atoms with Crippen molar-refractivity contribution in [1.82, 2.24) is 5.32 Å². The van der Waals surface area contributed by atoms with Gasteiger partial charge in [-0.05, 0) is 36.2 Å². The van der Waals surface area contributed by atoms with Crippen LogP contribution in [0.5, 0.6) is 5.75 Å². The van der Waals surface area contributed by atoms with Gasteiger partial charge in [-0.2, -0.15) is 0 Å². The molecule has 0 saturated carbocycles. The summed E-state index contributed by atoms with van der Waals surface area (Å²) < 4.78 is 18.9. The maximum atomic E-state index is 13.6. The van der Waals surface area contributed by atoms with Crippen LogP contribution in [0.3, 0.4) is 0 Å². The molecule has 2 aromatic rings. The number of aryl methyl sites for hydroxylation is 1. The number of ether oxygens (including phenoxy) is 1. The van der Waals surface area contributed by atoms with E-state index in [2.05, 4.69) is 5.32 Å². The minimum Gasteiger partial charge on any atom is -0.495 e. The van der Waals surface area contributed by atoms with E-state index in [1.54, 1.807) is 36.3 Å². The number of amides is 2. The summed E-state index contributed by atoms with van der Waals surface area (Å²) in [5.41, 5.74) is 1.99. The van der Waals surface area contributed by atoms with E-state index in [-0.39, 0.29) is 31.3 Å². The molecule has 0 fully saturated rings. The predicted molar refractivity (Wildman–Crippen MR) is 98.9 cm³/mol. The molecule has 0 unspecified atom stereocenters. The monoisotopic (exact) mass is 358 g/mol. The van der Waals surface area contributed by atoms with Gasteiger partial charge in [0.2, 0.25) is 11.8 Å². The first-order valence-corrected chi connectivity index (χ1v) is 8.35. The molecule has 0 aliphatic carbocycles. The molecule has 0 aromatic heterocycles. The highest BCUT2D eigenvalue weighted by atomic mass is 19.1. The maximum Gasteiger partial charge on any atom is 0.224 e. The molecule has 0 atom stereocenters. The Morgan fingerprint density at radius 3 is 2.58 bits per heavy atom. The van der Waals surface area contributed by atoms with Gasteiger partial charge in [0.1, 0.15) is 11.6 Å². The van der Waals surface area contributed by atoms with Crippen LogP contribution in [0, 0.1) is 12.7 Å². The quantitative estimate of drug-likeness (QED) is 0.828. The van der Waals surface area contributed by atoms with E-state index in [0.29, 0.717) is 17.0 Å². The SMILES string of the molecule is COc1ccc(C)cc1N(CCNC(=O)Cc1ccccc1F)C(C)=O. The molecule has 0 heterocycles. The molecular weight excluding hydrogens is 335 g/mol. The highest BCUT2D eigenvalue weighted by Crippen LogP contribution is 2.29. The van der Waals surface area contributed by atoms with Crippen LogP contribution in [0.1, 0.15) is 18.1 Å². The van der Waals surface area contributed by atoms with E-state index in [1.165, 1.54) is 13.0 Å². The van der Waals surface area contributed by atoms with E-state index >= 15 is 0 Å². The van der Waals surface area contributed by atoms with Crippen LogP contribution in [-0.4, -0.2) is 32.0 Å². The second-order valence-electron chi connectivity index (χ2n) is 5.96. The molecule has 2 amide bonds. The summed E-state index contributed by atoms with van der Waals surface area (Å²) in [6, 6.07) is 11.7. The number of nitrogens with one attached hydrogen (secondary N) is 1. The van der Waals surface area contributed by atoms with Gasteiger partial charge in [-0.25, -0.2) is 4.39 Å². The maximum absolute atomic E-state index is 13.6. The van der Waals surface area contributed by atoms with Gasteiger partial charge in [-0.15, -0.1) is 0 Å². The third-order valence-electron chi connectivity index (χ3n) is 3.97. The Bertz CT molecular complexity index is 792. The second-order valence-corrected chi connectivity index (χ2v) is 5.96. The van der Waals surface area contributed by atoms with E-state index in [4.69, 9.17) is 4.74 Å². The van der Waals surface area contributed by atoms with Crippen LogP contribution < -0.4 is 15.0 Å². The lowest BCUT2D eigenvalue weighted by molar-refractivity contribution is -0.121. The van der Waals surface area contributed by atoms with Crippen LogP contribution in [0.4, 0.5) is 10.1 Å². The van der Waals surface area contributed by atoms with Crippen molar-refractivity contribution in [2.24, 2.45) is 0 Å². The lowest BCUT2D eigenvalue weighted by Crippen LogP contribution is -2.38. The van der Waals surface area contributed by atoms with Crippen molar-refractivity contribution in [3.63, 3.8) is 0 Å². The van der Waals surface area contributed by atoms with E-state index in [0.717, 1.165) is 5.56 Å². The average Bonchev–Trinajstić information content (AvgIpc) is 2.60. The summed E-state index contributed by atoms with van der Waals surface area (Å²) in [4.78, 5) is 25.6. The molecule has 2 aromatic carbocycles. The predicted octanol–water partition coefficient (Wildman–Crippen LogP) is 2.85. The molecule has 1 N–H and O–H groups in total. The van der Waals surface area contributed by atoms with Crippen LogP contribution >= 0.6 is 0 Å². The Balaban J connectivity index is 1.99. The average molecular weight is 358 g/mol. The largest absolute Gasteiger partial charge is 0.495 e. The fourth-order valence-electron chi connectivity index (χ4n) is 2.64. The summed E-state index contributed by atoms with van der Waals surface area (Å²) in [5, 5.41) is 2.73. The van der Waals surface area contributed by atoms with Gasteiger partial charge in [-0.3, -0.25) is 9.59 Å². The summed E-state index contributed by atoms with van der Waals surface area (Å²) in [5.74, 6) is -0.270. The minimum atomic E-state index is -0.405. The second kappa shape index (κ2) is 8.99. The molecule has 26 heavy (non-hydrogen) atoms. The lowest BCUT2D eigenvalue weighted by atomic mass is 10.1. The molecule has 138 valence electrons. The standard InChI is InChI=1S/C20H23FN2O3/c1-14-8-9-19(26-3)18(12-14)23(15(2)24)11-10-22-20(25)13-16-6-4-5-7-17(16)21/h4-9,12H,10-11,13H2,1-3H3,(H,22,25). The topological polar surface area (TPSA) is 58.6 Å². The van der Waals surface area contributed by atoms with Gasteiger partial charge in [0, 0.05) is 20.0 Å². The number of benzene rings is 2. The van der Waals surface area contributed by atoms with Gasteiger partial charge in [0.25, 0.3) is 0 Å².